The SMILES string of the molecule is Cc1cccc(C(C)C)c1C(C)(C)CC(=O)OC(=O)C(C)C. The molecule has 0 amide bonds. The van der Waals surface area contributed by atoms with Gasteiger partial charge in [-0.1, -0.05) is 59.7 Å². The molecule has 0 bridgehead atoms. The molecule has 3 heteroatoms. The number of benzene rings is 1. The number of hydrogen-bond acceptors (Lipinski definition) is 3. The lowest BCUT2D eigenvalue weighted by Crippen LogP contribution is -2.28. The lowest BCUT2D eigenvalue weighted by Gasteiger charge is -2.30. The predicted molar refractivity (Wildman–Crippen MR) is 88.8 cm³/mol. The third-order valence-electron chi connectivity index (χ3n) is 3.88. The highest BCUT2D eigenvalue weighted by Gasteiger charge is 2.30. The number of carbonyl (C=O) groups excluding carboxylic acids is 2. The molecule has 122 valence electrons. The Balaban J connectivity index is 3.05. The van der Waals surface area contributed by atoms with Crippen LogP contribution in [0, 0.1) is 12.8 Å². The van der Waals surface area contributed by atoms with Gasteiger partial charge in [-0.3, -0.25) is 9.59 Å². The fourth-order valence-electron chi connectivity index (χ4n) is 2.81. The summed E-state index contributed by atoms with van der Waals surface area (Å²) in [6.45, 7) is 13.9. The maximum atomic E-state index is 12.1. The Bertz CT molecular complexity index is 554. The van der Waals surface area contributed by atoms with Gasteiger partial charge in [0.25, 0.3) is 0 Å². The molecule has 0 heterocycles. The van der Waals surface area contributed by atoms with Crippen molar-refractivity contribution < 1.29 is 14.3 Å². The highest BCUT2D eigenvalue weighted by atomic mass is 16.6. The van der Waals surface area contributed by atoms with Gasteiger partial charge in [0.05, 0.1) is 12.3 Å². The maximum Gasteiger partial charge on any atom is 0.316 e. The van der Waals surface area contributed by atoms with Crippen molar-refractivity contribution in [3.05, 3.63) is 34.9 Å². The monoisotopic (exact) mass is 304 g/mol. The smallest absolute Gasteiger partial charge is 0.316 e. The molecule has 0 aromatic heterocycles. The van der Waals surface area contributed by atoms with Crippen molar-refractivity contribution in [2.75, 3.05) is 0 Å². The third-order valence-corrected chi connectivity index (χ3v) is 3.88. The fraction of sp³-hybridized carbons (Fsp3) is 0.579. The molecule has 0 spiro atoms. The molecule has 0 aliphatic heterocycles. The quantitative estimate of drug-likeness (QED) is 0.593. The van der Waals surface area contributed by atoms with E-state index < -0.39 is 11.9 Å². The van der Waals surface area contributed by atoms with E-state index in [1.54, 1.807) is 13.8 Å². The predicted octanol–water partition coefficient (Wildman–Crippen LogP) is 4.51. The molecular formula is C19H28O3. The zero-order valence-electron chi connectivity index (χ0n) is 14.8. The molecule has 0 radical (unpaired) electrons. The lowest BCUT2D eigenvalue weighted by molar-refractivity contribution is -0.162. The van der Waals surface area contributed by atoms with Crippen LogP contribution < -0.4 is 0 Å². The van der Waals surface area contributed by atoms with Crippen LogP contribution >= 0.6 is 0 Å². The third kappa shape index (κ3) is 4.43. The van der Waals surface area contributed by atoms with E-state index in [1.165, 1.54) is 16.7 Å². The van der Waals surface area contributed by atoms with Crippen LogP contribution in [0.1, 0.15) is 70.6 Å². The Morgan fingerprint density at radius 1 is 1.14 bits per heavy atom. The van der Waals surface area contributed by atoms with Crippen molar-refractivity contribution in [1.29, 1.82) is 0 Å². The highest BCUT2D eigenvalue weighted by Crippen LogP contribution is 2.36. The van der Waals surface area contributed by atoms with E-state index in [0.29, 0.717) is 5.92 Å². The fourth-order valence-corrected chi connectivity index (χ4v) is 2.81. The molecule has 22 heavy (non-hydrogen) atoms. The van der Waals surface area contributed by atoms with Crippen molar-refractivity contribution in [3.63, 3.8) is 0 Å². The standard InChI is InChI=1S/C19H28O3/c1-12(2)15-10-8-9-14(5)17(15)19(6,7)11-16(20)22-18(21)13(3)4/h8-10,12-13H,11H2,1-7H3. The van der Waals surface area contributed by atoms with Crippen LogP contribution in [-0.4, -0.2) is 11.9 Å². The van der Waals surface area contributed by atoms with E-state index in [1.807, 2.05) is 19.9 Å². The van der Waals surface area contributed by atoms with Crippen molar-refractivity contribution in [1.82, 2.24) is 0 Å². The van der Waals surface area contributed by atoms with E-state index in [4.69, 9.17) is 4.74 Å². The zero-order valence-corrected chi connectivity index (χ0v) is 14.8. The Morgan fingerprint density at radius 3 is 2.23 bits per heavy atom. The van der Waals surface area contributed by atoms with Crippen LogP contribution in [-0.2, 0) is 19.7 Å². The topological polar surface area (TPSA) is 43.4 Å². The Hall–Kier alpha value is -1.64. The summed E-state index contributed by atoms with van der Waals surface area (Å²) in [6, 6.07) is 6.22. The first-order chi connectivity index (χ1) is 10.1. The number of aryl methyl sites for hydroxylation is 1. The van der Waals surface area contributed by atoms with Crippen LogP contribution in [0.2, 0.25) is 0 Å². The number of rotatable bonds is 5. The Labute approximate surface area is 134 Å². The number of hydrogen-bond donors (Lipinski definition) is 0. The van der Waals surface area contributed by atoms with E-state index >= 15 is 0 Å². The van der Waals surface area contributed by atoms with Gasteiger partial charge in [0.15, 0.2) is 0 Å². The zero-order chi connectivity index (χ0) is 17.1. The summed E-state index contributed by atoms with van der Waals surface area (Å²) in [5.74, 6) is -0.837. The second-order valence-corrected chi connectivity index (χ2v) is 7.20. The van der Waals surface area contributed by atoms with Crippen LogP contribution in [0.25, 0.3) is 0 Å². The Morgan fingerprint density at radius 2 is 1.73 bits per heavy atom. The van der Waals surface area contributed by atoms with Crippen molar-refractivity contribution in [2.45, 2.75) is 66.2 Å². The van der Waals surface area contributed by atoms with E-state index in [0.717, 1.165) is 0 Å². The van der Waals surface area contributed by atoms with Gasteiger partial charge >= 0.3 is 11.9 Å². The molecule has 3 nitrogen and oxygen atoms in total. The molecule has 1 aromatic carbocycles. The number of esters is 2. The van der Waals surface area contributed by atoms with Gasteiger partial charge in [-0.25, -0.2) is 0 Å². The summed E-state index contributed by atoms with van der Waals surface area (Å²) >= 11 is 0. The number of carbonyl (C=O) groups is 2. The van der Waals surface area contributed by atoms with Gasteiger partial charge in [-0.05, 0) is 29.5 Å². The van der Waals surface area contributed by atoms with Gasteiger partial charge in [0, 0.05) is 5.41 Å². The van der Waals surface area contributed by atoms with Crippen LogP contribution in [0.3, 0.4) is 0 Å². The minimum absolute atomic E-state index is 0.191. The second kappa shape index (κ2) is 7.08. The average molecular weight is 304 g/mol. The molecule has 0 aliphatic rings. The summed E-state index contributed by atoms with van der Waals surface area (Å²) in [5.41, 5.74) is 3.21. The highest BCUT2D eigenvalue weighted by molar-refractivity contribution is 5.87. The summed E-state index contributed by atoms with van der Waals surface area (Å²) in [4.78, 5) is 23.7. The van der Waals surface area contributed by atoms with Crippen LogP contribution in [0.4, 0.5) is 0 Å². The van der Waals surface area contributed by atoms with E-state index in [-0.39, 0.29) is 17.8 Å². The minimum atomic E-state index is -0.463. The second-order valence-electron chi connectivity index (χ2n) is 7.20. The van der Waals surface area contributed by atoms with Gasteiger partial charge in [-0.15, -0.1) is 0 Å². The molecule has 0 saturated carbocycles. The van der Waals surface area contributed by atoms with E-state index in [2.05, 4.69) is 32.9 Å². The average Bonchev–Trinajstić information content (AvgIpc) is 2.36. The first-order valence-electron chi connectivity index (χ1n) is 7.90. The van der Waals surface area contributed by atoms with Crippen molar-refractivity contribution in [2.24, 2.45) is 5.92 Å². The summed E-state index contributed by atoms with van der Waals surface area (Å²) in [6.07, 6.45) is 0.191. The molecule has 0 aliphatic carbocycles. The first-order valence-corrected chi connectivity index (χ1v) is 7.90. The summed E-state index contributed by atoms with van der Waals surface area (Å²) in [5, 5.41) is 0. The molecule has 0 fully saturated rings. The lowest BCUT2D eigenvalue weighted by atomic mass is 9.75. The molecular weight excluding hydrogens is 276 g/mol. The van der Waals surface area contributed by atoms with Gasteiger partial charge in [-0.2, -0.15) is 0 Å². The molecule has 1 rings (SSSR count). The van der Waals surface area contributed by atoms with E-state index in [9.17, 15) is 9.59 Å². The molecule has 0 saturated heterocycles. The maximum absolute atomic E-state index is 12.1. The molecule has 0 N–H and O–H groups in total. The molecule has 0 atom stereocenters. The number of ether oxygens (including phenoxy) is 1. The first kappa shape index (κ1) is 18.4. The van der Waals surface area contributed by atoms with Gasteiger partial charge in [0.1, 0.15) is 0 Å². The summed E-state index contributed by atoms with van der Waals surface area (Å²) in [7, 11) is 0. The van der Waals surface area contributed by atoms with Crippen molar-refractivity contribution >= 4 is 11.9 Å². The van der Waals surface area contributed by atoms with Gasteiger partial charge < -0.3 is 4.74 Å². The normalized spacial score (nSPS) is 11.9. The van der Waals surface area contributed by atoms with Gasteiger partial charge in [0.2, 0.25) is 0 Å². The molecule has 1 aromatic rings. The summed E-state index contributed by atoms with van der Waals surface area (Å²) < 4.78 is 4.93. The Kier molecular flexibility index (Phi) is 5.92. The van der Waals surface area contributed by atoms with Crippen LogP contribution in [0.15, 0.2) is 18.2 Å². The van der Waals surface area contributed by atoms with Crippen molar-refractivity contribution in [3.8, 4) is 0 Å². The molecule has 0 unspecified atom stereocenters. The largest absolute Gasteiger partial charge is 0.393 e. The minimum Gasteiger partial charge on any atom is -0.393 e. The van der Waals surface area contributed by atoms with Crippen LogP contribution in [0.5, 0.6) is 0 Å².